The van der Waals surface area contributed by atoms with Gasteiger partial charge in [0.2, 0.25) is 35.4 Å². The molecule has 1 saturated heterocycles. The molecule has 12 unspecified atom stereocenters. The van der Waals surface area contributed by atoms with Gasteiger partial charge in [-0.1, -0.05) is 111 Å². The predicted octanol–water partition coefficient (Wildman–Crippen LogP) is 4.72. The largest absolute Gasteiger partial charge is 0.445 e. The van der Waals surface area contributed by atoms with E-state index in [0.29, 0.717) is 62.0 Å². The second-order valence-corrected chi connectivity index (χ2v) is 21.8. The second kappa shape index (κ2) is 31.7. The number of likely N-dealkylation sites (N-methyl/N-ethyl adjacent to an activating group) is 2. The lowest BCUT2D eigenvalue weighted by Gasteiger charge is -2.41. The molecule has 77 heavy (non-hydrogen) atoms. The first-order valence-corrected chi connectivity index (χ1v) is 27.4. The summed E-state index contributed by atoms with van der Waals surface area (Å²) in [5, 5.41) is 22.4. The molecule has 1 aliphatic rings. The Kier molecular flexibility index (Phi) is 27.0. The summed E-state index contributed by atoms with van der Waals surface area (Å²) in [7, 11) is 6.16. The van der Waals surface area contributed by atoms with E-state index < -0.39 is 102 Å². The van der Waals surface area contributed by atoms with Gasteiger partial charge in [0.05, 0.1) is 54.8 Å². The lowest BCUT2D eigenvalue weighted by molar-refractivity contribution is -0.148. The number of amides is 7. The Balaban J connectivity index is 1.70. The highest BCUT2D eigenvalue weighted by Crippen LogP contribution is 2.30. The van der Waals surface area contributed by atoms with E-state index in [1.165, 1.54) is 26.2 Å². The van der Waals surface area contributed by atoms with Crippen LogP contribution in [0, 0.1) is 29.6 Å². The normalized spacial score (nSPS) is 17.9. The van der Waals surface area contributed by atoms with E-state index in [-0.39, 0.29) is 42.6 Å². The van der Waals surface area contributed by atoms with E-state index in [4.69, 9.17) is 25.7 Å². The monoisotopic (exact) mass is 1080 g/mol. The summed E-state index contributed by atoms with van der Waals surface area (Å²) in [6.07, 6.45) is -0.356. The van der Waals surface area contributed by atoms with Gasteiger partial charge in [0, 0.05) is 40.5 Å². The van der Waals surface area contributed by atoms with Crippen LogP contribution in [0.5, 0.6) is 0 Å². The summed E-state index contributed by atoms with van der Waals surface area (Å²) in [4.78, 5) is 101. The number of aliphatic hydroxyl groups excluding tert-OH is 1. The molecule has 1 fully saturated rings. The molecule has 9 N–H and O–H groups in total. The van der Waals surface area contributed by atoms with Crippen LogP contribution in [0.2, 0.25) is 0 Å². The Morgan fingerprint density at radius 3 is 1.96 bits per heavy atom. The van der Waals surface area contributed by atoms with Crippen molar-refractivity contribution in [3.8, 4) is 0 Å². The number of methoxy groups -OCH3 is 2. The van der Waals surface area contributed by atoms with Crippen LogP contribution >= 0.6 is 0 Å². The van der Waals surface area contributed by atoms with Crippen LogP contribution in [-0.4, -0.2) is 157 Å². The summed E-state index contributed by atoms with van der Waals surface area (Å²) in [6, 6.07) is 10.5. The van der Waals surface area contributed by atoms with Gasteiger partial charge in [-0.2, -0.15) is 0 Å². The minimum absolute atomic E-state index is 0.0652. The zero-order valence-corrected chi connectivity index (χ0v) is 48.2. The summed E-state index contributed by atoms with van der Waals surface area (Å²) in [5.74, 6) is -4.03. The van der Waals surface area contributed by atoms with E-state index >= 15 is 0 Å². The van der Waals surface area contributed by atoms with Crippen LogP contribution in [0.15, 0.2) is 54.6 Å². The fourth-order valence-electron chi connectivity index (χ4n) is 10.0. The molecule has 0 radical (unpaired) electrons. The molecular weight excluding hydrogens is 987 g/mol. The van der Waals surface area contributed by atoms with Crippen molar-refractivity contribution in [2.45, 2.75) is 175 Å². The first-order chi connectivity index (χ1) is 36.3. The Labute approximate surface area is 457 Å². The third-order valence-corrected chi connectivity index (χ3v) is 15.0. The molecule has 0 aromatic heterocycles. The number of nitrogens with zero attached hydrogens (tertiary/aromatic N) is 3. The highest BCUT2D eigenvalue weighted by Gasteiger charge is 2.44. The molecule has 1 aliphatic heterocycles. The lowest BCUT2D eigenvalue weighted by Crippen LogP contribution is -2.60. The Bertz CT molecular complexity index is 2200. The Hall–Kier alpha value is -5.67. The maximum atomic E-state index is 14.7. The fourth-order valence-corrected chi connectivity index (χ4v) is 10.0. The van der Waals surface area contributed by atoms with Crippen LogP contribution in [-0.2, 0) is 49.6 Å². The number of hydrogen-bond acceptors (Lipinski definition) is 13. The Morgan fingerprint density at radius 2 is 1.42 bits per heavy atom. The number of hydrogen-bond donors (Lipinski definition) is 7. The number of nitrogens with two attached hydrogens (primary N) is 2. The van der Waals surface area contributed by atoms with Gasteiger partial charge in [0.25, 0.3) is 0 Å². The molecule has 1 heterocycles. The number of rotatable bonds is 30. The van der Waals surface area contributed by atoms with Gasteiger partial charge in [-0.25, -0.2) is 4.79 Å². The van der Waals surface area contributed by atoms with Crippen LogP contribution in [0.3, 0.4) is 0 Å². The molecule has 2 aromatic rings. The van der Waals surface area contributed by atoms with Crippen molar-refractivity contribution >= 4 is 47.2 Å². The molecule has 7 amide bonds. The molecule has 0 aliphatic carbocycles. The Morgan fingerprint density at radius 1 is 0.779 bits per heavy atom. The van der Waals surface area contributed by atoms with Crippen molar-refractivity contribution in [3.63, 3.8) is 0 Å². The topological polar surface area (TPSA) is 277 Å². The van der Waals surface area contributed by atoms with Crippen molar-refractivity contribution < 1.29 is 52.9 Å². The lowest BCUT2D eigenvalue weighted by atomic mass is 9.89. The summed E-state index contributed by atoms with van der Waals surface area (Å²) >= 11 is 0. The number of likely N-dealkylation sites (tertiary alicyclic amines) is 1. The third-order valence-electron chi connectivity index (χ3n) is 15.0. The van der Waals surface area contributed by atoms with Crippen molar-refractivity contribution in [1.82, 2.24) is 30.7 Å². The minimum Gasteiger partial charge on any atom is -0.445 e. The van der Waals surface area contributed by atoms with Gasteiger partial charge in [-0.05, 0) is 86.1 Å². The van der Waals surface area contributed by atoms with Gasteiger partial charge < -0.3 is 61.9 Å². The van der Waals surface area contributed by atoms with Crippen LogP contribution in [0.1, 0.15) is 125 Å². The molecule has 12 atom stereocenters. The zero-order valence-electron chi connectivity index (χ0n) is 48.2. The van der Waals surface area contributed by atoms with Gasteiger partial charge in [-0.3, -0.25) is 33.7 Å². The second-order valence-electron chi connectivity index (χ2n) is 21.8. The number of benzene rings is 2. The first-order valence-electron chi connectivity index (χ1n) is 27.4. The fraction of sp³-hybridized carbons (Fsp3) is 0.667. The van der Waals surface area contributed by atoms with Crippen LogP contribution in [0.4, 0.5) is 10.5 Å². The van der Waals surface area contributed by atoms with E-state index in [2.05, 4.69) is 21.3 Å². The highest BCUT2D eigenvalue weighted by atomic mass is 16.6. The quantitative estimate of drug-likeness (QED) is 0.0559. The number of nitrogens with one attached hydrogen (secondary N) is 4. The van der Waals surface area contributed by atoms with Gasteiger partial charge >= 0.3 is 6.09 Å². The third kappa shape index (κ3) is 18.5. The van der Waals surface area contributed by atoms with Crippen molar-refractivity contribution in [2.24, 2.45) is 41.1 Å². The smallest absolute Gasteiger partial charge is 0.410 e. The van der Waals surface area contributed by atoms with E-state index in [1.54, 1.807) is 80.9 Å². The zero-order chi connectivity index (χ0) is 57.8. The minimum atomic E-state index is -1.03. The number of ether oxygens (including phenoxy) is 3. The molecule has 2 aromatic carbocycles. The van der Waals surface area contributed by atoms with E-state index in [9.17, 15) is 38.7 Å². The van der Waals surface area contributed by atoms with E-state index in [0.717, 1.165) is 0 Å². The predicted molar refractivity (Wildman–Crippen MR) is 297 cm³/mol. The number of anilines is 1. The summed E-state index contributed by atoms with van der Waals surface area (Å²) in [6.45, 7) is 19.0. The molecule has 20 heteroatoms. The van der Waals surface area contributed by atoms with Crippen molar-refractivity contribution in [2.75, 3.05) is 46.7 Å². The SMILES string of the molecule is CCC(C)C(C(CC(=O)N1CCCC1C(OC)C(C)C(=O)NC(C)C(O)c1ccccc1)OC)N(C)C(=O)C(NC(=O)C(C(C)C)N(C)C(=O)OCc1ccc(NC(=O)C(CCCN)NC(=O)C(N)C(C)C)cc1)C(C)C. The average Bonchev–Trinajstić information content (AvgIpc) is 3.89. The highest BCUT2D eigenvalue weighted by molar-refractivity contribution is 5.98. The number of carbonyl (C=O) groups is 7. The number of carbonyl (C=O) groups excluding carboxylic acids is 7. The maximum Gasteiger partial charge on any atom is 0.410 e. The van der Waals surface area contributed by atoms with Crippen molar-refractivity contribution in [1.29, 1.82) is 0 Å². The molecular formula is C57H93N9O11. The van der Waals surface area contributed by atoms with Gasteiger partial charge in [0.1, 0.15) is 24.7 Å². The molecule has 3 rings (SSSR count). The number of aliphatic hydroxyl groups is 1. The molecule has 0 spiro atoms. The first kappa shape index (κ1) is 65.6. The summed E-state index contributed by atoms with van der Waals surface area (Å²) < 4.78 is 17.7. The van der Waals surface area contributed by atoms with Crippen LogP contribution < -0.4 is 32.7 Å². The van der Waals surface area contributed by atoms with Gasteiger partial charge in [0.15, 0.2) is 0 Å². The van der Waals surface area contributed by atoms with Crippen LogP contribution in [0.25, 0.3) is 0 Å². The van der Waals surface area contributed by atoms with Gasteiger partial charge in [-0.15, -0.1) is 0 Å². The maximum absolute atomic E-state index is 14.7. The molecule has 432 valence electrons. The standard InChI is InChI=1S/C57H93N9O11/c1-15-36(8)49(44(75-13)31-45(67)66-30-20-24-43(66)51(76-14)37(9)52(69)60-38(10)50(68)40-21-17-16-18-22-40)64(11)56(73)47(34(4)5)63-55(72)48(35(6)7)65(12)57(74)77-32-39-25-27-41(28-26-39)61-53(70)42(23-19-29-58)62-54(71)46(59)33(2)3/h16-18,21-22,25-28,33-38,42-44,46-51,68H,15,19-20,23-24,29-32,58-59H2,1-14H3,(H,60,69)(H,61,70)(H,62,71)(H,63,72). The molecule has 0 bridgehead atoms. The molecule has 20 nitrogen and oxygen atoms in total. The summed E-state index contributed by atoms with van der Waals surface area (Å²) in [5.41, 5.74) is 13.4. The average molecular weight is 1080 g/mol. The molecule has 0 saturated carbocycles. The van der Waals surface area contributed by atoms with E-state index in [1.807, 2.05) is 59.7 Å². The van der Waals surface area contributed by atoms with Crippen molar-refractivity contribution in [3.05, 3.63) is 65.7 Å².